The first-order valence-corrected chi connectivity index (χ1v) is 9.35. The Labute approximate surface area is 165 Å². The summed E-state index contributed by atoms with van der Waals surface area (Å²) in [5.41, 5.74) is 0.640. The second-order valence-electron chi connectivity index (χ2n) is 7.22. The highest BCUT2D eigenvalue weighted by Crippen LogP contribution is 2.26. The number of rotatable bonds is 3. The third-order valence-electron chi connectivity index (χ3n) is 3.89. The maximum Gasteiger partial charge on any atom is 0.410 e. The van der Waals surface area contributed by atoms with E-state index in [0.29, 0.717) is 41.0 Å². The molecule has 0 bridgehead atoms. The van der Waals surface area contributed by atoms with Gasteiger partial charge in [0.05, 0.1) is 36.6 Å². The monoisotopic (exact) mass is 436 g/mol. The van der Waals surface area contributed by atoms with E-state index in [1.54, 1.807) is 21.7 Å². The van der Waals surface area contributed by atoms with Crippen molar-refractivity contribution in [2.45, 2.75) is 32.5 Å². The number of carbonyl (C=O) groups is 1. The summed E-state index contributed by atoms with van der Waals surface area (Å²) in [6, 6.07) is 3.89. The molecule has 1 amide bonds. The van der Waals surface area contributed by atoms with Crippen molar-refractivity contribution in [3.05, 3.63) is 28.5 Å². The van der Waals surface area contributed by atoms with Crippen LogP contribution in [-0.2, 0) is 9.47 Å². The van der Waals surface area contributed by atoms with Crippen LogP contribution in [0.15, 0.2) is 22.9 Å². The molecule has 0 spiro atoms. The molecule has 1 aliphatic rings. The number of nitrogens with zero attached hydrogens (tertiary/aromatic N) is 4. The van der Waals surface area contributed by atoms with E-state index in [4.69, 9.17) is 19.5 Å². The lowest BCUT2D eigenvalue weighted by Crippen LogP contribution is -2.49. The first-order chi connectivity index (χ1) is 12.8. The summed E-state index contributed by atoms with van der Waals surface area (Å²) in [6.45, 7) is 7.13. The molecule has 2 aromatic heterocycles. The quantitative estimate of drug-likeness (QED) is 0.734. The average Bonchev–Trinajstić information content (AvgIpc) is 3.02. The summed E-state index contributed by atoms with van der Waals surface area (Å²) >= 11 is 3.45. The molecule has 0 N–H and O–H groups in total. The van der Waals surface area contributed by atoms with Gasteiger partial charge in [-0.25, -0.2) is 9.31 Å². The normalized spacial score (nSPS) is 17.6. The number of ether oxygens (including phenoxy) is 3. The first-order valence-electron chi connectivity index (χ1n) is 8.56. The van der Waals surface area contributed by atoms with Gasteiger partial charge in [0.1, 0.15) is 30.1 Å². The van der Waals surface area contributed by atoms with E-state index in [1.165, 1.54) is 6.20 Å². The van der Waals surface area contributed by atoms with E-state index in [1.807, 2.05) is 20.8 Å². The Kier molecular flexibility index (Phi) is 5.58. The van der Waals surface area contributed by atoms with E-state index in [0.717, 1.165) is 0 Å². The van der Waals surface area contributed by atoms with E-state index in [2.05, 4.69) is 27.1 Å². The van der Waals surface area contributed by atoms with Crippen molar-refractivity contribution in [3.8, 4) is 11.8 Å². The van der Waals surface area contributed by atoms with Crippen LogP contribution in [0.3, 0.4) is 0 Å². The molecule has 3 heterocycles. The van der Waals surface area contributed by atoms with Crippen molar-refractivity contribution in [1.29, 1.82) is 5.26 Å². The van der Waals surface area contributed by atoms with Crippen molar-refractivity contribution in [3.63, 3.8) is 0 Å². The SMILES string of the molecule is CC(C)(C)OC(=O)N1CCOC(COc2cc(Br)c3c(C#N)cnn3c2)C1. The van der Waals surface area contributed by atoms with E-state index in [9.17, 15) is 4.79 Å². The lowest BCUT2D eigenvalue weighted by Gasteiger charge is -2.34. The molecule has 27 heavy (non-hydrogen) atoms. The maximum atomic E-state index is 12.2. The van der Waals surface area contributed by atoms with Gasteiger partial charge in [0.25, 0.3) is 0 Å². The molecule has 144 valence electrons. The van der Waals surface area contributed by atoms with E-state index >= 15 is 0 Å². The van der Waals surface area contributed by atoms with Gasteiger partial charge in [-0.15, -0.1) is 0 Å². The molecule has 1 unspecified atom stereocenters. The fourth-order valence-electron chi connectivity index (χ4n) is 2.71. The highest BCUT2D eigenvalue weighted by Gasteiger charge is 2.28. The Balaban J connectivity index is 1.62. The number of pyridine rings is 1. The van der Waals surface area contributed by atoms with E-state index in [-0.39, 0.29) is 18.8 Å². The summed E-state index contributed by atoms with van der Waals surface area (Å²) in [5.74, 6) is 0.583. The fraction of sp³-hybridized carbons (Fsp3) is 0.500. The Hall–Kier alpha value is -2.31. The van der Waals surface area contributed by atoms with Crippen LogP contribution < -0.4 is 4.74 Å². The number of amides is 1. The first kappa shape index (κ1) is 19.5. The summed E-state index contributed by atoms with van der Waals surface area (Å²) in [7, 11) is 0. The molecular formula is C18H21BrN4O4. The van der Waals surface area contributed by atoms with Crippen molar-refractivity contribution in [2.75, 3.05) is 26.3 Å². The molecule has 0 aromatic carbocycles. The van der Waals surface area contributed by atoms with Crippen LogP contribution in [0.1, 0.15) is 26.3 Å². The van der Waals surface area contributed by atoms with Gasteiger partial charge in [-0.05, 0) is 42.8 Å². The van der Waals surface area contributed by atoms with Gasteiger partial charge in [-0.3, -0.25) is 0 Å². The fourth-order valence-corrected chi connectivity index (χ4v) is 3.33. The lowest BCUT2D eigenvalue weighted by molar-refractivity contribution is -0.0557. The number of hydrogen-bond donors (Lipinski definition) is 0. The van der Waals surface area contributed by atoms with Crippen LogP contribution in [0.4, 0.5) is 4.79 Å². The number of aromatic nitrogens is 2. The third kappa shape index (κ3) is 4.70. The molecule has 1 aliphatic heterocycles. The number of halogens is 1. The van der Waals surface area contributed by atoms with Gasteiger partial charge >= 0.3 is 6.09 Å². The van der Waals surface area contributed by atoms with Gasteiger partial charge in [0.15, 0.2) is 0 Å². The Bertz CT molecular complexity index is 884. The smallest absolute Gasteiger partial charge is 0.410 e. The highest BCUT2D eigenvalue weighted by molar-refractivity contribution is 9.10. The molecule has 1 fully saturated rings. The zero-order valence-corrected chi connectivity index (χ0v) is 17.0. The summed E-state index contributed by atoms with van der Waals surface area (Å²) in [5, 5.41) is 13.3. The predicted molar refractivity (Wildman–Crippen MR) is 101 cm³/mol. The maximum absolute atomic E-state index is 12.2. The average molecular weight is 437 g/mol. The summed E-state index contributed by atoms with van der Waals surface area (Å²) in [6.07, 6.45) is 2.61. The standard InChI is InChI=1S/C18H21BrN4O4/c1-18(2,3)27-17(24)22-4-5-25-14(9-22)11-26-13-6-15(19)16-12(7-20)8-21-23(16)10-13/h6,8,10,14H,4-5,9,11H2,1-3H3. The summed E-state index contributed by atoms with van der Waals surface area (Å²) in [4.78, 5) is 13.9. The van der Waals surface area contributed by atoms with Gasteiger partial charge in [0, 0.05) is 11.0 Å². The van der Waals surface area contributed by atoms with Gasteiger partial charge in [0.2, 0.25) is 0 Å². The molecule has 0 radical (unpaired) electrons. The molecule has 0 aliphatic carbocycles. The van der Waals surface area contributed by atoms with Crippen molar-refractivity contribution in [1.82, 2.24) is 14.5 Å². The molecule has 0 saturated carbocycles. The Morgan fingerprint density at radius 3 is 3.00 bits per heavy atom. The zero-order valence-electron chi connectivity index (χ0n) is 15.4. The minimum Gasteiger partial charge on any atom is -0.489 e. The molecule has 9 heteroatoms. The van der Waals surface area contributed by atoms with Crippen molar-refractivity contribution in [2.24, 2.45) is 0 Å². The van der Waals surface area contributed by atoms with Crippen molar-refractivity contribution < 1.29 is 19.0 Å². The predicted octanol–water partition coefficient (Wildman–Crippen LogP) is 2.98. The summed E-state index contributed by atoms with van der Waals surface area (Å²) < 4.78 is 19.2. The van der Waals surface area contributed by atoms with Gasteiger partial charge in [-0.1, -0.05) is 0 Å². The molecule has 1 saturated heterocycles. The van der Waals surface area contributed by atoms with Crippen molar-refractivity contribution >= 4 is 27.5 Å². The van der Waals surface area contributed by atoms with Crippen LogP contribution in [0.25, 0.3) is 5.52 Å². The minimum absolute atomic E-state index is 0.256. The molecule has 8 nitrogen and oxygen atoms in total. The number of hydrogen-bond acceptors (Lipinski definition) is 6. The van der Waals surface area contributed by atoms with Crippen LogP contribution in [0, 0.1) is 11.3 Å². The zero-order chi connectivity index (χ0) is 19.6. The Morgan fingerprint density at radius 2 is 2.30 bits per heavy atom. The van der Waals surface area contributed by atoms with Gasteiger partial charge in [-0.2, -0.15) is 10.4 Å². The number of nitriles is 1. The highest BCUT2D eigenvalue weighted by atomic mass is 79.9. The van der Waals surface area contributed by atoms with Crippen LogP contribution >= 0.6 is 15.9 Å². The second kappa shape index (κ2) is 7.74. The number of fused-ring (bicyclic) bond motifs is 1. The van der Waals surface area contributed by atoms with Crippen LogP contribution in [0.5, 0.6) is 5.75 Å². The largest absolute Gasteiger partial charge is 0.489 e. The second-order valence-corrected chi connectivity index (χ2v) is 8.07. The minimum atomic E-state index is -0.533. The topological polar surface area (TPSA) is 89.1 Å². The van der Waals surface area contributed by atoms with E-state index < -0.39 is 5.60 Å². The molecular weight excluding hydrogens is 416 g/mol. The number of carbonyl (C=O) groups excluding carboxylic acids is 1. The van der Waals surface area contributed by atoms with Gasteiger partial charge < -0.3 is 19.1 Å². The molecule has 3 rings (SSSR count). The third-order valence-corrected chi connectivity index (χ3v) is 4.49. The number of morpholine rings is 1. The molecule has 2 aromatic rings. The van der Waals surface area contributed by atoms with Crippen LogP contribution in [-0.4, -0.2) is 58.6 Å². The lowest BCUT2D eigenvalue weighted by atomic mass is 10.2. The Morgan fingerprint density at radius 1 is 1.52 bits per heavy atom. The van der Waals surface area contributed by atoms with Crippen LogP contribution in [0.2, 0.25) is 0 Å². The molecule has 1 atom stereocenters.